The molecule has 1 aliphatic heterocycles. The number of carbonyl (C=O) groups excluding carboxylic acids is 1. The van der Waals surface area contributed by atoms with Crippen LogP contribution in [-0.2, 0) is 4.79 Å². The first-order valence-electron chi connectivity index (χ1n) is 10.8. The van der Waals surface area contributed by atoms with Gasteiger partial charge in [-0.25, -0.2) is 9.37 Å². The van der Waals surface area contributed by atoms with Gasteiger partial charge in [-0.2, -0.15) is 5.10 Å². The summed E-state index contributed by atoms with van der Waals surface area (Å²) in [6.07, 6.45) is 1.71. The Kier molecular flexibility index (Phi) is 5.73. The van der Waals surface area contributed by atoms with Crippen LogP contribution < -0.4 is 15.5 Å². The molecule has 2 aliphatic rings. The molecule has 2 fully saturated rings. The molecule has 0 spiro atoms. The molecule has 5 rings (SSSR count). The number of aromatic amines is 1. The van der Waals surface area contributed by atoms with E-state index < -0.39 is 6.17 Å². The zero-order valence-electron chi connectivity index (χ0n) is 17.8. The normalized spacial score (nSPS) is 18.1. The molecule has 0 radical (unpaired) electrons. The van der Waals surface area contributed by atoms with E-state index in [1.165, 1.54) is 11.8 Å². The number of alkyl halides is 1. The summed E-state index contributed by atoms with van der Waals surface area (Å²) in [5.74, 6) is 1.70. The van der Waals surface area contributed by atoms with Gasteiger partial charge in [0, 0.05) is 47.4 Å². The number of rotatable bonds is 7. The van der Waals surface area contributed by atoms with Crippen LogP contribution in [0.15, 0.2) is 52.4 Å². The number of nitrogens with zero attached hydrogens (tertiary/aromatic N) is 3. The predicted octanol–water partition coefficient (Wildman–Crippen LogP) is 4.90. The molecule has 3 aromatic rings. The monoisotopic (exact) mass is 452 g/mol. The fraction of sp³-hybridized carbons (Fsp3) is 0.348. The van der Waals surface area contributed by atoms with Gasteiger partial charge in [0.05, 0.1) is 5.69 Å². The number of anilines is 4. The first-order chi connectivity index (χ1) is 15.5. The molecule has 9 heteroatoms. The number of hydrogen-bond donors (Lipinski definition) is 3. The van der Waals surface area contributed by atoms with Crippen LogP contribution in [0, 0.1) is 12.8 Å². The Bertz CT molecular complexity index is 1110. The van der Waals surface area contributed by atoms with Gasteiger partial charge >= 0.3 is 0 Å². The SMILES string of the molecule is Cc1cc(Nc2cc(N3CCC(F)C3)cc(Sc3ccc(NC(=O)C4CC4)cc3)n2)[nH]n1. The Labute approximate surface area is 190 Å². The van der Waals surface area contributed by atoms with Crippen molar-refractivity contribution in [2.45, 2.75) is 42.3 Å². The lowest BCUT2D eigenvalue weighted by Gasteiger charge is -2.19. The summed E-state index contributed by atoms with van der Waals surface area (Å²) in [6.45, 7) is 2.99. The highest BCUT2D eigenvalue weighted by Crippen LogP contribution is 2.34. The second-order valence-corrected chi connectivity index (χ2v) is 9.41. The van der Waals surface area contributed by atoms with Crippen LogP contribution in [0.25, 0.3) is 0 Å². The van der Waals surface area contributed by atoms with Crippen LogP contribution in [0.5, 0.6) is 0 Å². The van der Waals surface area contributed by atoms with Crippen LogP contribution in [-0.4, -0.2) is 40.3 Å². The van der Waals surface area contributed by atoms with Crippen molar-refractivity contribution < 1.29 is 9.18 Å². The van der Waals surface area contributed by atoms with Crippen molar-refractivity contribution in [2.24, 2.45) is 5.92 Å². The van der Waals surface area contributed by atoms with Crippen LogP contribution in [0.2, 0.25) is 0 Å². The Morgan fingerprint density at radius 3 is 2.66 bits per heavy atom. The standard InChI is InChI=1S/C23H25FN6OS/c1-14-10-21(29-28-14)26-20-11-18(30-9-8-16(24)13-30)12-22(27-20)32-19-6-4-17(5-7-19)25-23(31)15-2-3-15/h4-7,10-12,15-16H,2-3,8-9,13H2,1H3,(H,25,31)(H2,26,27,28,29). The fourth-order valence-corrected chi connectivity index (χ4v) is 4.52. The van der Waals surface area contributed by atoms with Crippen molar-refractivity contribution in [3.8, 4) is 0 Å². The molecule has 1 atom stereocenters. The molecule has 3 heterocycles. The molecular formula is C23H25FN6OS. The number of hydrogen-bond acceptors (Lipinski definition) is 6. The molecular weight excluding hydrogens is 427 g/mol. The van der Waals surface area contributed by atoms with Crippen molar-refractivity contribution >= 4 is 40.7 Å². The van der Waals surface area contributed by atoms with Gasteiger partial charge in [-0.3, -0.25) is 9.89 Å². The first-order valence-corrected chi connectivity index (χ1v) is 11.6. The molecule has 1 amide bonds. The number of amides is 1. The second-order valence-electron chi connectivity index (χ2n) is 8.32. The maximum Gasteiger partial charge on any atom is 0.227 e. The Hall–Kier alpha value is -3.07. The van der Waals surface area contributed by atoms with Crippen LogP contribution >= 0.6 is 11.8 Å². The van der Waals surface area contributed by atoms with E-state index >= 15 is 0 Å². The summed E-state index contributed by atoms with van der Waals surface area (Å²) in [6, 6.07) is 13.6. The van der Waals surface area contributed by atoms with Gasteiger partial charge in [0.25, 0.3) is 0 Å². The van der Waals surface area contributed by atoms with E-state index in [0.29, 0.717) is 25.3 Å². The molecule has 3 N–H and O–H groups in total. The quantitative estimate of drug-likeness (QED) is 0.473. The van der Waals surface area contributed by atoms with Gasteiger partial charge in [0.1, 0.15) is 22.8 Å². The molecule has 7 nitrogen and oxygen atoms in total. The smallest absolute Gasteiger partial charge is 0.227 e. The average Bonchev–Trinajstić information content (AvgIpc) is 3.42. The minimum Gasteiger partial charge on any atom is -0.368 e. The topological polar surface area (TPSA) is 85.9 Å². The van der Waals surface area contributed by atoms with Gasteiger partial charge < -0.3 is 15.5 Å². The van der Waals surface area contributed by atoms with Gasteiger partial charge in [-0.15, -0.1) is 0 Å². The zero-order chi connectivity index (χ0) is 22.1. The summed E-state index contributed by atoms with van der Waals surface area (Å²) in [5.41, 5.74) is 2.62. The third-order valence-electron chi connectivity index (χ3n) is 5.54. The highest BCUT2D eigenvalue weighted by atomic mass is 32.2. The Morgan fingerprint density at radius 2 is 2.00 bits per heavy atom. The lowest BCUT2D eigenvalue weighted by molar-refractivity contribution is -0.117. The number of benzene rings is 1. The van der Waals surface area contributed by atoms with Crippen molar-refractivity contribution in [1.82, 2.24) is 15.2 Å². The molecule has 1 saturated heterocycles. The lowest BCUT2D eigenvalue weighted by Crippen LogP contribution is -2.20. The maximum absolute atomic E-state index is 13.8. The van der Waals surface area contributed by atoms with E-state index in [1.807, 2.05) is 49.4 Å². The molecule has 32 heavy (non-hydrogen) atoms. The predicted molar refractivity (Wildman–Crippen MR) is 124 cm³/mol. The fourth-order valence-electron chi connectivity index (χ4n) is 3.68. The zero-order valence-corrected chi connectivity index (χ0v) is 18.6. The lowest BCUT2D eigenvalue weighted by atomic mass is 10.3. The van der Waals surface area contributed by atoms with E-state index in [9.17, 15) is 9.18 Å². The van der Waals surface area contributed by atoms with Crippen molar-refractivity contribution in [3.05, 3.63) is 48.2 Å². The summed E-state index contributed by atoms with van der Waals surface area (Å²) in [4.78, 5) is 19.8. The van der Waals surface area contributed by atoms with Crippen LogP contribution in [0.1, 0.15) is 25.0 Å². The molecule has 1 saturated carbocycles. The summed E-state index contributed by atoms with van der Waals surface area (Å²) < 4.78 is 13.8. The maximum atomic E-state index is 13.8. The Balaban J connectivity index is 1.35. The average molecular weight is 453 g/mol. The molecule has 1 unspecified atom stereocenters. The van der Waals surface area contributed by atoms with E-state index in [1.54, 1.807) is 0 Å². The largest absolute Gasteiger partial charge is 0.368 e. The molecule has 1 aliphatic carbocycles. The third-order valence-corrected chi connectivity index (χ3v) is 6.47. The number of halogens is 1. The Morgan fingerprint density at radius 1 is 1.19 bits per heavy atom. The summed E-state index contributed by atoms with van der Waals surface area (Å²) >= 11 is 1.53. The number of aromatic nitrogens is 3. The van der Waals surface area contributed by atoms with Crippen molar-refractivity contribution in [3.63, 3.8) is 0 Å². The van der Waals surface area contributed by atoms with Crippen LogP contribution in [0.3, 0.4) is 0 Å². The van der Waals surface area contributed by atoms with Gasteiger partial charge in [0.15, 0.2) is 0 Å². The number of nitrogens with one attached hydrogen (secondary N) is 3. The number of aryl methyl sites for hydroxylation is 1. The third kappa shape index (κ3) is 5.04. The van der Waals surface area contributed by atoms with E-state index in [-0.39, 0.29) is 11.8 Å². The summed E-state index contributed by atoms with van der Waals surface area (Å²) in [5, 5.41) is 14.1. The minimum absolute atomic E-state index is 0.0984. The van der Waals surface area contributed by atoms with Gasteiger partial charge in [0.2, 0.25) is 5.91 Å². The van der Waals surface area contributed by atoms with E-state index in [4.69, 9.17) is 4.98 Å². The molecule has 2 aromatic heterocycles. The number of pyridine rings is 1. The van der Waals surface area contributed by atoms with E-state index in [2.05, 4.69) is 25.7 Å². The number of carbonyl (C=O) groups is 1. The van der Waals surface area contributed by atoms with Crippen molar-refractivity contribution in [1.29, 1.82) is 0 Å². The highest BCUT2D eigenvalue weighted by molar-refractivity contribution is 7.99. The van der Waals surface area contributed by atoms with Gasteiger partial charge in [-0.05, 0) is 56.5 Å². The summed E-state index contributed by atoms with van der Waals surface area (Å²) in [7, 11) is 0. The highest BCUT2D eigenvalue weighted by Gasteiger charge is 2.29. The van der Waals surface area contributed by atoms with Crippen molar-refractivity contribution in [2.75, 3.05) is 28.6 Å². The van der Waals surface area contributed by atoms with Gasteiger partial charge in [-0.1, -0.05) is 11.8 Å². The first kappa shape index (κ1) is 20.8. The van der Waals surface area contributed by atoms with Crippen LogP contribution in [0.4, 0.5) is 27.4 Å². The second kappa shape index (κ2) is 8.82. The molecule has 1 aromatic carbocycles. The van der Waals surface area contributed by atoms with E-state index in [0.717, 1.165) is 45.6 Å². The molecule has 166 valence electrons. The minimum atomic E-state index is -0.802. The number of H-pyrrole nitrogens is 1. The molecule has 0 bridgehead atoms.